The van der Waals surface area contributed by atoms with Crippen LogP contribution in [0.15, 0.2) is 35.9 Å². The van der Waals surface area contributed by atoms with Crippen LogP contribution in [-0.4, -0.2) is 81.2 Å². The lowest BCUT2D eigenvalue weighted by molar-refractivity contribution is -0.140. The van der Waals surface area contributed by atoms with Crippen LogP contribution in [0.4, 0.5) is 0 Å². The summed E-state index contributed by atoms with van der Waals surface area (Å²) in [5.74, 6) is 0.130. The first-order valence-electron chi connectivity index (χ1n) is 12.2. The van der Waals surface area contributed by atoms with Crippen molar-refractivity contribution < 1.29 is 33.6 Å². The molecule has 2 aromatic carbocycles. The fourth-order valence-corrected chi connectivity index (χ4v) is 4.69. The summed E-state index contributed by atoms with van der Waals surface area (Å²) in [6.45, 7) is 8.41. The Balaban J connectivity index is 2.24. The summed E-state index contributed by atoms with van der Waals surface area (Å²) in [6, 6.07) is 7.66. The third-order valence-corrected chi connectivity index (χ3v) is 6.76. The van der Waals surface area contributed by atoms with Crippen LogP contribution >= 0.6 is 0 Å². The Kier molecular flexibility index (Phi) is 9.04. The summed E-state index contributed by atoms with van der Waals surface area (Å²) in [4.78, 5) is 30.4. The molecule has 0 aliphatic carbocycles. The number of hydrogen-bond donors (Lipinski definition) is 1. The number of aliphatic hydroxyl groups excluding tert-OH is 1. The highest BCUT2D eigenvalue weighted by molar-refractivity contribution is 6.46. The standard InChI is InChI=1S/C28H36N2O7/c1-8-29(9-2)12-13-30-24(19-15-21(35-5)27(37-7)22(16-19)36-6)23(26(32)28(30)33)25(31)18-10-11-20(34-4)17(3)14-18/h10-11,14-16,24,31H,8-9,12-13H2,1-7H3/t24-/m1/s1. The Bertz CT molecular complexity index is 1160. The highest BCUT2D eigenvalue weighted by Crippen LogP contribution is 2.45. The van der Waals surface area contributed by atoms with Gasteiger partial charge in [-0.2, -0.15) is 0 Å². The van der Waals surface area contributed by atoms with Gasteiger partial charge >= 0.3 is 0 Å². The van der Waals surface area contributed by atoms with Crippen molar-refractivity contribution in [1.29, 1.82) is 0 Å². The molecular weight excluding hydrogens is 476 g/mol. The molecule has 1 amide bonds. The van der Waals surface area contributed by atoms with E-state index in [1.807, 2.05) is 20.8 Å². The summed E-state index contributed by atoms with van der Waals surface area (Å²) in [6.07, 6.45) is 0. The average molecular weight is 513 g/mol. The lowest BCUT2D eigenvalue weighted by Gasteiger charge is -2.29. The van der Waals surface area contributed by atoms with Crippen molar-refractivity contribution in [3.05, 3.63) is 52.6 Å². The topological polar surface area (TPSA) is 97.8 Å². The van der Waals surface area contributed by atoms with Crippen LogP contribution < -0.4 is 18.9 Å². The molecule has 1 atom stereocenters. The SMILES string of the molecule is CCN(CC)CCN1C(=O)C(=O)C(=C(O)c2ccc(OC)c(C)c2)[C@H]1c1cc(OC)c(OC)c(OC)c1. The van der Waals surface area contributed by atoms with Gasteiger partial charge in [-0.15, -0.1) is 0 Å². The van der Waals surface area contributed by atoms with Gasteiger partial charge in [0.1, 0.15) is 11.5 Å². The van der Waals surface area contributed by atoms with Crippen LogP contribution in [-0.2, 0) is 9.59 Å². The number of methoxy groups -OCH3 is 4. The van der Waals surface area contributed by atoms with Crippen molar-refractivity contribution >= 4 is 17.4 Å². The van der Waals surface area contributed by atoms with E-state index in [1.165, 1.54) is 26.2 Å². The van der Waals surface area contributed by atoms with Crippen LogP contribution in [0.2, 0.25) is 0 Å². The third kappa shape index (κ3) is 5.36. The predicted octanol–water partition coefficient (Wildman–Crippen LogP) is 3.79. The van der Waals surface area contributed by atoms with E-state index in [1.54, 1.807) is 37.4 Å². The highest BCUT2D eigenvalue weighted by Gasteiger charge is 2.46. The molecule has 0 aromatic heterocycles. The molecule has 0 saturated carbocycles. The Hall–Kier alpha value is -3.72. The van der Waals surface area contributed by atoms with Crippen molar-refractivity contribution in [3.63, 3.8) is 0 Å². The number of likely N-dealkylation sites (tertiary alicyclic amines) is 1. The van der Waals surface area contributed by atoms with Crippen LogP contribution in [0, 0.1) is 6.92 Å². The summed E-state index contributed by atoms with van der Waals surface area (Å²) in [7, 11) is 6.06. The molecule has 0 unspecified atom stereocenters. The quantitative estimate of drug-likeness (QED) is 0.276. The molecule has 1 saturated heterocycles. The Morgan fingerprint density at radius 1 is 0.919 bits per heavy atom. The zero-order valence-electron chi connectivity index (χ0n) is 22.6. The summed E-state index contributed by atoms with van der Waals surface area (Å²) >= 11 is 0. The minimum absolute atomic E-state index is 0.00314. The predicted molar refractivity (Wildman–Crippen MR) is 141 cm³/mol. The minimum atomic E-state index is -0.855. The molecule has 1 aliphatic rings. The van der Waals surface area contributed by atoms with Gasteiger partial charge < -0.3 is 33.9 Å². The van der Waals surface area contributed by atoms with Crippen molar-refractivity contribution in [2.24, 2.45) is 0 Å². The van der Waals surface area contributed by atoms with Gasteiger partial charge in [0.25, 0.3) is 11.7 Å². The van der Waals surface area contributed by atoms with Crippen molar-refractivity contribution in [2.45, 2.75) is 26.8 Å². The largest absolute Gasteiger partial charge is 0.507 e. The van der Waals surface area contributed by atoms with E-state index in [-0.39, 0.29) is 11.3 Å². The number of rotatable bonds is 11. The number of nitrogens with zero attached hydrogens (tertiary/aromatic N) is 2. The van der Waals surface area contributed by atoms with Gasteiger partial charge in [0.15, 0.2) is 11.5 Å². The molecule has 2 aromatic rings. The van der Waals surface area contributed by atoms with E-state index in [0.29, 0.717) is 47.2 Å². The van der Waals surface area contributed by atoms with E-state index < -0.39 is 17.7 Å². The highest BCUT2D eigenvalue weighted by atomic mass is 16.5. The smallest absolute Gasteiger partial charge is 0.295 e. The van der Waals surface area contributed by atoms with Gasteiger partial charge in [-0.3, -0.25) is 9.59 Å². The first-order chi connectivity index (χ1) is 17.8. The zero-order chi connectivity index (χ0) is 27.3. The molecule has 1 fully saturated rings. The molecular formula is C28H36N2O7. The number of carbonyl (C=O) groups excluding carboxylic acids is 2. The van der Waals surface area contributed by atoms with Gasteiger partial charge in [-0.05, 0) is 61.5 Å². The first kappa shape index (κ1) is 27.9. The Labute approximate surface area is 218 Å². The maximum atomic E-state index is 13.4. The second-order valence-corrected chi connectivity index (χ2v) is 8.66. The van der Waals surface area contributed by atoms with E-state index in [4.69, 9.17) is 18.9 Å². The normalized spacial score (nSPS) is 16.9. The number of amides is 1. The van der Waals surface area contributed by atoms with Gasteiger partial charge in [0, 0.05) is 18.7 Å². The Morgan fingerprint density at radius 2 is 1.51 bits per heavy atom. The molecule has 0 spiro atoms. The molecule has 0 radical (unpaired) electrons. The molecule has 3 rings (SSSR count). The molecule has 37 heavy (non-hydrogen) atoms. The molecule has 1 aliphatic heterocycles. The number of carbonyl (C=O) groups is 2. The van der Waals surface area contributed by atoms with Crippen molar-refractivity contribution in [3.8, 4) is 23.0 Å². The number of benzene rings is 2. The van der Waals surface area contributed by atoms with Crippen LogP contribution in [0.3, 0.4) is 0 Å². The summed E-state index contributed by atoms with van der Waals surface area (Å²) < 4.78 is 21.8. The lowest BCUT2D eigenvalue weighted by Crippen LogP contribution is -2.38. The van der Waals surface area contributed by atoms with E-state index in [9.17, 15) is 14.7 Å². The monoisotopic (exact) mass is 512 g/mol. The number of aliphatic hydroxyl groups is 1. The average Bonchev–Trinajstić information content (AvgIpc) is 3.17. The molecule has 0 bridgehead atoms. The zero-order valence-corrected chi connectivity index (χ0v) is 22.6. The number of likely N-dealkylation sites (N-methyl/N-ethyl adjacent to an activating group) is 1. The van der Waals surface area contributed by atoms with Gasteiger partial charge in [-0.1, -0.05) is 13.8 Å². The maximum Gasteiger partial charge on any atom is 0.295 e. The van der Waals surface area contributed by atoms with Gasteiger partial charge in [-0.25, -0.2) is 0 Å². The second-order valence-electron chi connectivity index (χ2n) is 8.66. The molecule has 1 N–H and O–H groups in total. The van der Waals surface area contributed by atoms with E-state index >= 15 is 0 Å². The van der Waals surface area contributed by atoms with Crippen molar-refractivity contribution in [1.82, 2.24) is 9.80 Å². The number of Topliss-reactive ketones (excluding diaryl/α,β-unsaturated/α-hetero) is 1. The summed E-state index contributed by atoms with van der Waals surface area (Å²) in [5, 5.41) is 11.4. The molecule has 9 nitrogen and oxygen atoms in total. The van der Waals surface area contributed by atoms with E-state index in [0.717, 1.165) is 18.7 Å². The number of aryl methyl sites for hydroxylation is 1. The van der Waals surface area contributed by atoms with Crippen LogP contribution in [0.1, 0.15) is 36.6 Å². The van der Waals surface area contributed by atoms with Gasteiger partial charge in [0.05, 0.1) is 40.1 Å². The first-order valence-corrected chi connectivity index (χ1v) is 12.2. The lowest BCUT2D eigenvalue weighted by atomic mass is 9.94. The minimum Gasteiger partial charge on any atom is -0.507 e. The van der Waals surface area contributed by atoms with Gasteiger partial charge in [0.2, 0.25) is 5.75 Å². The third-order valence-electron chi connectivity index (χ3n) is 6.76. The fraction of sp³-hybridized carbons (Fsp3) is 0.429. The van der Waals surface area contributed by atoms with Crippen molar-refractivity contribution in [2.75, 3.05) is 54.6 Å². The fourth-order valence-electron chi connectivity index (χ4n) is 4.69. The Morgan fingerprint density at radius 3 is 2.00 bits per heavy atom. The second kappa shape index (κ2) is 12.0. The number of ether oxygens (including phenoxy) is 4. The molecule has 1 heterocycles. The molecule has 9 heteroatoms. The van der Waals surface area contributed by atoms with Crippen LogP contribution in [0.25, 0.3) is 5.76 Å². The number of hydrogen-bond acceptors (Lipinski definition) is 8. The summed E-state index contributed by atoms with van der Waals surface area (Å²) in [5.41, 5.74) is 1.76. The van der Waals surface area contributed by atoms with E-state index in [2.05, 4.69) is 4.90 Å². The maximum absolute atomic E-state index is 13.4. The molecule has 200 valence electrons. The van der Waals surface area contributed by atoms with Crippen LogP contribution in [0.5, 0.6) is 23.0 Å². The number of ketones is 1.